The van der Waals surface area contributed by atoms with Gasteiger partial charge in [0.1, 0.15) is 22.6 Å². The molecule has 0 fully saturated rings. The van der Waals surface area contributed by atoms with Gasteiger partial charge in [-0.25, -0.2) is 14.4 Å². The summed E-state index contributed by atoms with van der Waals surface area (Å²) in [6.45, 7) is 2.53. The molecule has 2 aromatic rings. The predicted molar refractivity (Wildman–Crippen MR) is 70.1 cm³/mol. The van der Waals surface area contributed by atoms with Crippen molar-refractivity contribution in [1.82, 2.24) is 9.97 Å². The molecule has 0 aliphatic carbocycles. The van der Waals surface area contributed by atoms with E-state index in [2.05, 4.69) is 15.3 Å². The maximum atomic E-state index is 12.7. The van der Waals surface area contributed by atoms with E-state index in [0.717, 1.165) is 12.0 Å². The molecule has 0 spiro atoms. The summed E-state index contributed by atoms with van der Waals surface area (Å²) in [6.07, 6.45) is 0.728. The van der Waals surface area contributed by atoms with Crippen LogP contribution in [0.1, 0.15) is 18.3 Å². The van der Waals surface area contributed by atoms with Crippen molar-refractivity contribution in [3.63, 3.8) is 0 Å². The summed E-state index contributed by atoms with van der Waals surface area (Å²) in [6, 6.07) is 7.99. The quantitative estimate of drug-likeness (QED) is 0.861. The maximum Gasteiger partial charge on any atom is 0.134 e. The Balaban J connectivity index is 2.05. The van der Waals surface area contributed by atoms with Gasteiger partial charge in [0.15, 0.2) is 0 Å². The van der Waals surface area contributed by atoms with Gasteiger partial charge in [0, 0.05) is 19.0 Å². The minimum Gasteiger partial charge on any atom is -0.366 e. The van der Waals surface area contributed by atoms with Crippen LogP contribution in [-0.2, 0) is 13.0 Å². The van der Waals surface area contributed by atoms with E-state index in [1.54, 1.807) is 18.2 Å². The highest BCUT2D eigenvalue weighted by Gasteiger charge is 2.01. The molecule has 5 heteroatoms. The topological polar surface area (TPSA) is 37.8 Å². The second-order valence-corrected chi connectivity index (χ2v) is 4.21. The van der Waals surface area contributed by atoms with Gasteiger partial charge in [-0.3, -0.25) is 0 Å². The molecule has 94 valence electrons. The highest BCUT2D eigenvalue weighted by atomic mass is 35.5. The predicted octanol–water partition coefficient (Wildman–Crippen LogP) is 3.44. The Morgan fingerprint density at radius 2 is 1.94 bits per heavy atom. The van der Waals surface area contributed by atoms with Gasteiger partial charge < -0.3 is 5.32 Å². The average molecular weight is 266 g/mol. The van der Waals surface area contributed by atoms with Crippen LogP contribution in [0.15, 0.2) is 30.3 Å². The highest BCUT2D eigenvalue weighted by Crippen LogP contribution is 2.13. The third-order valence-corrected chi connectivity index (χ3v) is 2.64. The molecule has 0 amide bonds. The molecule has 0 unspecified atom stereocenters. The molecule has 1 aromatic heterocycles. The summed E-state index contributed by atoms with van der Waals surface area (Å²) in [5.74, 6) is 1.14. The highest BCUT2D eigenvalue weighted by molar-refractivity contribution is 6.29. The van der Waals surface area contributed by atoms with Crippen molar-refractivity contribution in [3.05, 3.63) is 52.7 Å². The third kappa shape index (κ3) is 3.40. The molecule has 0 aliphatic rings. The Morgan fingerprint density at radius 1 is 1.22 bits per heavy atom. The number of hydrogen-bond donors (Lipinski definition) is 1. The molecule has 2 rings (SSSR count). The van der Waals surface area contributed by atoms with Gasteiger partial charge in [-0.15, -0.1) is 0 Å². The van der Waals surface area contributed by atoms with Crippen LogP contribution in [0.3, 0.4) is 0 Å². The molecule has 1 N–H and O–H groups in total. The molecule has 0 saturated carbocycles. The Bertz CT molecular complexity index is 528. The number of hydrogen-bond acceptors (Lipinski definition) is 3. The SMILES string of the molecule is CCc1nc(Cl)cc(NCc2ccc(F)cc2)n1. The summed E-state index contributed by atoms with van der Waals surface area (Å²) in [5, 5.41) is 3.56. The van der Waals surface area contributed by atoms with E-state index < -0.39 is 0 Å². The van der Waals surface area contributed by atoms with Crippen LogP contribution in [0, 0.1) is 5.82 Å². The van der Waals surface area contributed by atoms with Crippen LogP contribution < -0.4 is 5.32 Å². The van der Waals surface area contributed by atoms with E-state index in [1.165, 1.54) is 12.1 Å². The van der Waals surface area contributed by atoms with Crippen LogP contribution >= 0.6 is 11.6 Å². The molecular weight excluding hydrogens is 253 g/mol. The van der Waals surface area contributed by atoms with Gasteiger partial charge in [0.25, 0.3) is 0 Å². The minimum atomic E-state index is -0.239. The smallest absolute Gasteiger partial charge is 0.134 e. The summed E-state index contributed by atoms with van der Waals surface area (Å²) >= 11 is 5.89. The van der Waals surface area contributed by atoms with Crippen molar-refractivity contribution in [1.29, 1.82) is 0 Å². The van der Waals surface area contributed by atoms with Gasteiger partial charge in [-0.1, -0.05) is 30.7 Å². The lowest BCUT2D eigenvalue weighted by Crippen LogP contribution is -2.04. The monoisotopic (exact) mass is 265 g/mol. The Morgan fingerprint density at radius 3 is 2.61 bits per heavy atom. The zero-order chi connectivity index (χ0) is 13.0. The van der Waals surface area contributed by atoms with E-state index in [4.69, 9.17) is 11.6 Å². The second kappa shape index (κ2) is 5.78. The van der Waals surface area contributed by atoms with Crippen molar-refractivity contribution >= 4 is 17.4 Å². The van der Waals surface area contributed by atoms with Crippen LogP contribution in [0.25, 0.3) is 0 Å². The van der Waals surface area contributed by atoms with E-state index in [0.29, 0.717) is 23.3 Å². The van der Waals surface area contributed by atoms with Crippen LogP contribution in [0.5, 0.6) is 0 Å². The molecular formula is C13H13ClFN3. The summed E-state index contributed by atoms with van der Waals surface area (Å²) < 4.78 is 12.7. The van der Waals surface area contributed by atoms with Gasteiger partial charge in [-0.05, 0) is 17.7 Å². The van der Waals surface area contributed by atoms with Crippen molar-refractivity contribution in [3.8, 4) is 0 Å². The number of nitrogens with one attached hydrogen (secondary N) is 1. The van der Waals surface area contributed by atoms with Gasteiger partial charge in [0.2, 0.25) is 0 Å². The molecule has 0 radical (unpaired) electrons. The van der Waals surface area contributed by atoms with Crippen molar-refractivity contribution in [2.45, 2.75) is 19.9 Å². The zero-order valence-electron chi connectivity index (χ0n) is 9.95. The zero-order valence-corrected chi connectivity index (χ0v) is 10.7. The molecule has 1 aromatic carbocycles. The van der Waals surface area contributed by atoms with Gasteiger partial charge >= 0.3 is 0 Å². The molecule has 0 aliphatic heterocycles. The van der Waals surface area contributed by atoms with E-state index in [-0.39, 0.29) is 5.82 Å². The molecule has 3 nitrogen and oxygen atoms in total. The fraction of sp³-hybridized carbons (Fsp3) is 0.231. The van der Waals surface area contributed by atoms with Crippen molar-refractivity contribution < 1.29 is 4.39 Å². The lowest BCUT2D eigenvalue weighted by Gasteiger charge is -2.07. The molecule has 1 heterocycles. The molecule has 18 heavy (non-hydrogen) atoms. The Labute approximate surface area is 110 Å². The first-order valence-electron chi connectivity index (χ1n) is 5.69. The first-order valence-corrected chi connectivity index (χ1v) is 6.07. The van der Waals surface area contributed by atoms with E-state index in [9.17, 15) is 4.39 Å². The van der Waals surface area contributed by atoms with Crippen molar-refractivity contribution in [2.75, 3.05) is 5.32 Å². The number of benzene rings is 1. The molecule has 0 atom stereocenters. The standard InChI is InChI=1S/C13H13ClFN3/c1-2-12-17-11(14)7-13(18-12)16-8-9-3-5-10(15)6-4-9/h3-7H,2,8H2,1H3,(H,16,17,18). The lowest BCUT2D eigenvalue weighted by atomic mass is 10.2. The normalized spacial score (nSPS) is 10.4. The van der Waals surface area contributed by atoms with Crippen LogP contribution in [0.2, 0.25) is 5.15 Å². The lowest BCUT2D eigenvalue weighted by molar-refractivity contribution is 0.627. The van der Waals surface area contributed by atoms with Crippen molar-refractivity contribution in [2.24, 2.45) is 0 Å². The summed E-state index contributed by atoms with van der Waals surface area (Å²) in [4.78, 5) is 8.39. The van der Waals surface area contributed by atoms with Gasteiger partial charge in [-0.2, -0.15) is 0 Å². The van der Waals surface area contributed by atoms with Crippen LogP contribution in [-0.4, -0.2) is 9.97 Å². The van der Waals surface area contributed by atoms with E-state index in [1.807, 2.05) is 6.92 Å². The number of nitrogens with zero attached hydrogens (tertiary/aromatic N) is 2. The fourth-order valence-electron chi connectivity index (χ4n) is 1.51. The van der Waals surface area contributed by atoms with E-state index >= 15 is 0 Å². The number of rotatable bonds is 4. The number of halogens is 2. The number of anilines is 1. The third-order valence-electron chi connectivity index (χ3n) is 2.44. The number of aryl methyl sites for hydroxylation is 1. The Hall–Kier alpha value is -1.68. The average Bonchev–Trinajstić information content (AvgIpc) is 2.37. The molecule has 0 saturated heterocycles. The second-order valence-electron chi connectivity index (χ2n) is 3.83. The minimum absolute atomic E-state index is 0.239. The first kappa shape index (κ1) is 12.8. The first-order chi connectivity index (χ1) is 8.67. The van der Waals surface area contributed by atoms with Gasteiger partial charge in [0.05, 0.1) is 0 Å². The Kier molecular flexibility index (Phi) is 4.10. The van der Waals surface area contributed by atoms with Crippen LogP contribution in [0.4, 0.5) is 10.2 Å². The number of aromatic nitrogens is 2. The largest absolute Gasteiger partial charge is 0.366 e. The summed E-state index contributed by atoms with van der Waals surface area (Å²) in [5.41, 5.74) is 0.976. The fourth-order valence-corrected chi connectivity index (χ4v) is 1.71. The maximum absolute atomic E-state index is 12.7. The molecule has 0 bridgehead atoms. The summed E-state index contributed by atoms with van der Waals surface area (Å²) in [7, 11) is 0.